The zero-order valence-electron chi connectivity index (χ0n) is 11.7. The van der Waals surface area contributed by atoms with E-state index in [-0.39, 0.29) is 11.6 Å². The molecule has 0 unspecified atom stereocenters. The maximum Gasteiger partial charge on any atom is 0.416 e. The minimum Gasteiger partial charge on any atom is -0.342 e. The molecule has 1 heterocycles. The number of alkyl halides is 3. The van der Waals surface area contributed by atoms with Crippen molar-refractivity contribution in [3.8, 4) is 0 Å². The first-order valence-corrected chi connectivity index (χ1v) is 6.35. The Labute approximate surface area is 124 Å². The van der Waals surface area contributed by atoms with Gasteiger partial charge in [0.2, 0.25) is 5.56 Å². The number of benzene rings is 1. The molecule has 7 heteroatoms. The molecule has 1 aromatic carbocycles. The van der Waals surface area contributed by atoms with Crippen LogP contribution in [0.2, 0.25) is 0 Å². The molecule has 2 rings (SSSR count). The third kappa shape index (κ3) is 4.15. The molecule has 0 aliphatic rings. The van der Waals surface area contributed by atoms with Crippen molar-refractivity contribution in [1.29, 1.82) is 0 Å². The molecule has 0 radical (unpaired) electrons. The number of rotatable bonds is 4. The van der Waals surface area contributed by atoms with Gasteiger partial charge >= 0.3 is 6.18 Å². The van der Waals surface area contributed by atoms with E-state index in [9.17, 15) is 18.0 Å². The number of H-pyrrole nitrogens is 1. The summed E-state index contributed by atoms with van der Waals surface area (Å²) in [6.07, 6.45) is -4.59. The van der Waals surface area contributed by atoms with Gasteiger partial charge < -0.3 is 15.6 Å². The normalized spacial score (nSPS) is 11.1. The zero-order chi connectivity index (χ0) is 16.3. The van der Waals surface area contributed by atoms with Gasteiger partial charge in [0.05, 0.1) is 5.56 Å². The summed E-state index contributed by atoms with van der Waals surface area (Å²) in [7, 11) is 0. The monoisotopic (exact) mass is 309 g/mol. The maximum atomic E-state index is 12.7. The molecule has 0 aliphatic carbocycles. The fourth-order valence-electron chi connectivity index (χ4n) is 1.78. The van der Waals surface area contributed by atoms with E-state index in [1.165, 1.54) is 0 Å². The van der Waals surface area contributed by atoms with Gasteiger partial charge in [0.1, 0.15) is 11.6 Å². The molecule has 0 saturated carbocycles. The Kier molecular flexibility index (Phi) is 4.25. The van der Waals surface area contributed by atoms with E-state index in [0.29, 0.717) is 6.07 Å². The Morgan fingerprint density at radius 1 is 1.14 bits per heavy atom. The lowest BCUT2D eigenvalue weighted by Gasteiger charge is -2.13. The molecule has 1 aromatic heterocycles. The van der Waals surface area contributed by atoms with Crippen LogP contribution in [0.3, 0.4) is 0 Å². The van der Waals surface area contributed by atoms with E-state index in [4.69, 9.17) is 0 Å². The van der Waals surface area contributed by atoms with Gasteiger partial charge in [0, 0.05) is 11.8 Å². The van der Waals surface area contributed by atoms with Gasteiger partial charge in [-0.3, -0.25) is 4.79 Å². The summed E-state index contributed by atoms with van der Waals surface area (Å²) in [5, 5.41) is 5.48. The third-order valence-corrected chi connectivity index (χ3v) is 2.80. The van der Waals surface area contributed by atoms with Crippen molar-refractivity contribution in [3.05, 3.63) is 70.3 Å². The van der Waals surface area contributed by atoms with Gasteiger partial charge in [-0.15, -0.1) is 0 Å². The molecule has 0 saturated heterocycles. The van der Waals surface area contributed by atoms with Crippen molar-refractivity contribution in [2.75, 3.05) is 10.6 Å². The Bertz CT molecular complexity index is 733. The van der Waals surface area contributed by atoms with Crippen molar-refractivity contribution in [2.45, 2.75) is 13.1 Å². The zero-order valence-corrected chi connectivity index (χ0v) is 11.7. The van der Waals surface area contributed by atoms with Crippen molar-refractivity contribution >= 4 is 11.5 Å². The summed E-state index contributed by atoms with van der Waals surface area (Å²) < 4.78 is 38.0. The van der Waals surface area contributed by atoms with Gasteiger partial charge in [-0.25, -0.2) is 0 Å². The van der Waals surface area contributed by atoms with E-state index >= 15 is 0 Å². The Balaban J connectivity index is 2.13. The van der Waals surface area contributed by atoms with Crippen LogP contribution in [0.1, 0.15) is 11.1 Å². The molecule has 3 N–H and O–H groups in total. The molecule has 4 nitrogen and oxygen atoms in total. The van der Waals surface area contributed by atoms with Crippen molar-refractivity contribution in [1.82, 2.24) is 4.98 Å². The largest absolute Gasteiger partial charge is 0.416 e. The van der Waals surface area contributed by atoms with Crippen molar-refractivity contribution in [2.24, 2.45) is 0 Å². The van der Waals surface area contributed by atoms with Gasteiger partial charge in [-0.1, -0.05) is 24.3 Å². The number of aromatic amines is 1. The lowest BCUT2D eigenvalue weighted by Crippen LogP contribution is -2.17. The molecule has 0 bridgehead atoms. The summed E-state index contributed by atoms with van der Waals surface area (Å²) in [4.78, 5) is 13.6. The second-order valence-electron chi connectivity index (χ2n) is 4.74. The SMILES string of the molecule is C=C(Nc1ccc(C)cc1)Nc1cc(C(F)(F)F)cc(=O)[nH]1. The first-order chi connectivity index (χ1) is 10.2. The highest BCUT2D eigenvalue weighted by molar-refractivity contribution is 5.53. The van der Waals surface area contributed by atoms with Crippen LogP contribution < -0.4 is 16.2 Å². The molecule has 0 atom stereocenters. The van der Waals surface area contributed by atoms with Gasteiger partial charge in [-0.2, -0.15) is 13.2 Å². The van der Waals surface area contributed by atoms with Crippen LogP contribution in [0.25, 0.3) is 0 Å². The van der Waals surface area contributed by atoms with Gasteiger partial charge in [0.15, 0.2) is 0 Å². The highest BCUT2D eigenvalue weighted by Crippen LogP contribution is 2.29. The Morgan fingerprint density at radius 2 is 1.77 bits per heavy atom. The van der Waals surface area contributed by atoms with Crippen molar-refractivity contribution in [3.63, 3.8) is 0 Å². The number of hydrogen-bond donors (Lipinski definition) is 3. The van der Waals surface area contributed by atoms with E-state index in [1.807, 2.05) is 19.1 Å². The summed E-state index contributed by atoms with van der Waals surface area (Å²) in [5.74, 6) is 0.142. The van der Waals surface area contributed by atoms with Gasteiger partial charge in [0.25, 0.3) is 0 Å². The molecule has 116 valence electrons. The molecular weight excluding hydrogens is 295 g/mol. The van der Waals surface area contributed by atoms with Crippen LogP contribution in [0.4, 0.5) is 24.7 Å². The van der Waals surface area contributed by atoms with Crippen LogP contribution in [0.15, 0.2) is 53.6 Å². The average molecular weight is 309 g/mol. The van der Waals surface area contributed by atoms with Crippen LogP contribution in [0.5, 0.6) is 0 Å². The highest BCUT2D eigenvalue weighted by Gasteiger charge is 2.31. The average Bonchev–Trinajstić information content (AvgIpc) is 2.39. The molecule has 0 aliphatic heterocycles. The minimum atomic E-state index is -4.59. The summed E-state index contributed by atoms with van der Waals surface area (Å²) in [6, 6.07) is 8.67. The molecule has 0 amide bonds. The second kappa shape index (κ2) is 5.97. The number of halogens is 3. The van der Waals surface area contributed by atoms with E-state index in [1.54, 1.807) is 12.1 Å². The third-order valence-electron chi connectivity index (χ3n) is 2.80. The van der Waals surface area contributed by atoms with E-state index < -0.39 is 17.3 Å². The van der Waals surface area contributed by atoms with Gasteiger partial charge in [-0.05, 0) is 25.1 Å². The van der Waals surface area contributed by atoms with E-state index in [0.717, 1.165) is 17.3 Å². The number of aromatic nitrogens is 1. The number of pyridine rings is 1. The Hall–Kier alpha value is -2.70. The first kappa shape index (κ1) is 15.7. The maximum absolute atomic E-state index is 12.7. The lowest BCUT2D eigenvalue weighted by molar-refractivity contribution is -0.137. The minimum absolute atomic E-state index is 0.0931. The van der Waals surface area contributed by atoms with Crippen molar-refractivity contribution < 1.29 is 13.2 Å². The number of anilines is 2. The number of aryl methyl sites for hydroxylation is 1. The summed E-state index contributed by atoms with van der Waals surface area (Å²) in [6.45, 7) is 5.60. The standard InChI is InChI=1S/C15H14F3N3O/c1-9-3-5-12(6-4-9)19-10(2)20-13-7-11(15(16,17)18)8-14(22)21-13/h3-8,19H,2H2,1H3,(H2,20,21,22). The number of hydrogen-bond acceptors (Lipinski definition) is 3. The predicted octanol–water partition coefficient (Wildman–Crippen LogP) is 3.70. The topological polar surface area (TPSA) is 56.9 Å². The van der Waals surface area contributed by atoms with Crippen LogP contribution in [-0.2, 0) is 6.18 Å². The van der Waals surface area contributed by atoms with E-state index in [2.05, 4.69) is 22.2 Å². The molecule has 2 aromatic rings. The fraction of sp³-hybridized carbons (Fsp3) is 0.133. The van der Waals surface area contributed by atoms with Crippen LogP contribution >= 0.6 is 0 Å². The Morgan fingerprint density at radius 3 is 2.36 bits per heavy atom. The molecule has 0 spiro atoms. The molecule has 22 heavy (non-hydrogen) atoms. The molecule has 0 fully saturated rings. The second-order valence-corrected chi connectivity index (χ2v) is 4.74. The van der Waals surface area contributed by atoms with Crippen LogP contribution in [-0.4, -0.2) is 4.98 Å². The predicted molar refractivity (Wildman–Crippen MR) is 79.6 cm³/mol. The smallest absolute Gasteiger partial charge is 0.342 e. The fourth-order valence-corrected chi connectivity index (χ4v) is 1.78. The van der Waals surface area contributed by atoms with Crippen LogP contribution in [0, 0.1) is 6.92 Å². The highest BCUT2D eigenvalue weighted by atomic mass is 19.4. The summed E-state index contributed by atoms with van der Waals surface area (Å²) >= 11 is 0. The lowest BCUT2D eigenvalue weighted by atomic mass is 10.2. The summed E-state index contributed by atoms with van der Waals surface area (Å²) in [5.41, 5.74) is -0.0777. The number of nitrogens with one attached hydrogen (secondary N) is 3. The molecular formula is C15H14F3N3O. The quantitative estimate of drug-likeness (QED) is 0.807. The first-order valence-electron chi connectivity index (χ1n) is 6.35.